The van der Waals surface area contributed by atoms with Gasteiger partial charge in [-0.25, -0.2) is 0 Å². The van der Waals surface area contributed by atoms with Crippen LogP contribution in [-0.2, 0) is 22.4 Å². The van der Waals surface area contributed by atoms with Gasteiger partial charge >= 0.3 is 0 Å². The van der Waals surface area contributed by atoms with Crippen LogP contribution in [0.25, 0.3) is 0 Å². The summed E-state index contributed by atoms with van der Waals surface area (Å²) in [5.74, 6) is -0.198. The van der Waals surface area contributed by atoms with Crippen LogP contribution in [0.5, 0.6) is 0 Å². The number of carbonyl (C=O) groups is 2. The molecule has 1 aliphatic rings. The van der Waals surface area contributed by atoms with E-state index in [2.05, 4.69) is 6.07 Å². The van der Waals surface area contributed by atoms with Crippen LogP contribution in [0, 0.1) is 11.3 Å². The molecule has 5 heteroatoms. The van der Waals surface area contributed by atoms with Gasteiger partial charge < -0.3 is 9.80 Å². The van der Waals surface area contributed by atoms with Crippen molar-refractivity contribution in [1.82, 2.24) is 9.80 Å². The lowest BCUT2D eigenvalue weighted by Gasteiger charge is -2.48. The molecule has 2 amide bonds. The van der Waals surface area contributed by atoms with Crippen molar-refractivity contribution < 1.29 is 9.59 Å². The summed E-state index contributed by atoms with van der Waals surface area (Å²) in [6.07, 6.45) is 0.789. The van der Waals surface area contributed by atoms with Gasteiger partial charge in [-0.05, 0) is 24.1 Å². The molecule has 1 aliphatic heterocycles. The second-order valence-electron chi connectivity index (χ2n) is 7.24. The lowest BCUT2D eigenvalue weighted by Crippen LogP contribution is -2.69. The largest absolute Gasteiger partial charge is 0.331 e. The van der Waals surface area contributed by atoms with E-state index in [1.807, 2.05) is 49.4 Å². The standard InChI is InChI=1S/C22H23N3O2/c1-22(14-16-9-5-4-6-10-16)21(27)24(2)19(20(26)25(22)3)13-17-11-7-8-12-18(17)15-23/h4-12,19H,13-14H2,1-3H3. The molecule has 2 unspecified atom stereocenters. The summed E-state index contributed by atoms with van der Waals surface area (Å²) in [5.41, 5.74) is 1.39. The SMILES string of the molecule is CN1C(=O)C(C)(Cc2ccccc2)N(C)C(=O)C1Cc1ccccc1C#N. The molecule has 0 aromatic heterocycles. The molecule has 2 atom stereocenters. The first-order valence-electron chi connectivity index (χ1n) is 8.95. The van der Waals surface area contributed by atoms with Crippen LogP contribution in [0.3, 0.4) is 0 Å². The molecule has 5 nitrogen and oxygen atoms in total. The molecule has 1 heterocycles. The average molecular weight is 361 g/mol. The van der Waals surface area contributed by atoms with Crippen molar-refractivity contribution in [2.75, 3.05) is 14.1 Å². The highest BCUT2D eigenvalue weighted by molar-refractivity contribution is 5.99. The molecule has 0 radical (unpaired) electrons. The predicted octanol–water partition coefficient (Wildman–Crippen LogP) is 2.40. The zero-order chi connectivity index (χ0) is 19.6. The summed E-state index contributed by atoms with van der Waals surface area (Å²) in [6, 6.07) is 18.5. The molecule has 138 valence electrons. The Morgan fingerprint density at radius 1 is 1.04 bits per heavy atom. The number of nitriles is 1. The van der Waals surface area contributed by atoms with Crippen LogP contribution in [0.2, 0.25) is 0 Å². The number of hydrogen-bond donors (Lipinski definition) is 0. The van der Waals surface area contributed by atoms with E-state index in [1.54, 1.807) is 36.0 Å². The van der Waals surface area contributed by atoms with Crippen molar-refractivity contribution in [3.8, 4) is 6.07 Å². The van der Waals surface area contributed by atoms with E-state index in [1.165, 1.54) is 0 Å². The molecule has 0 spiro atoms. The van der Waals surface area contributed by atoms with E-state index in [4.69, 9.17) is 0 Å². The minimum atomic E-state index is -0.932. The third kappa shape index (κ3) is 3.31. The molecule has 2 aromatic carbocycles. The van der Waals surface area contributed by atoms with Crippen molar-refractivity contribution in [3.63, 3.8) is 0 Å². The van der Waals surface area contributed by atoms with Crippen molar-refractivity contribution >= 4 is 11.8 Å². The molecule has 27 heavy (non-hydrogen) atoms. The number of hydrogen-bond acceptors (Lipinski definition) is 3. The van der Waals surface area contributed by atoms with Gasteiger partial charge in [-0.3, -0.25) is 9.59 Å². The minimum Gasteiger partial charge on any atom is -0.331 e. The summed E-state index contributed by atoms with van der Waals surface area (Å²) in [4.78, 5) is 29.5. The first-order chi connectivity index (χ1) is 12.9. The Balaban J connectivity index is 1.89. The zero-order valence-electron chi connectivity index (χ0n) is 15.8. The van der Waals surface area contributed by atoms with E-state index in [-0.39, 0.29) is 11.8 Å². The number of amides is 2. The van der Waals surface area contributed by atoms with Crippen LogP contribution in [0.4, 0.5) is 0 Å². The Kier molecular flexibility index (Phi) is 5.00. The van der Waals surface area contributed by atoms with Crippen LogP contribution in [-0.4, -0.2) is 47.3 Å². The average Bonchev–Trinajstić information content (AvgIpc) is 2.69. The monoisotopic (exact) mass is 361 g/mol. The second kappa shape index (κ2) is 7.24. The highest BCUT2D eigenvalue weighted by Crippen LogP contribution is 2.30. The maximum atomic E-state index is 13.2. The lowest BCUT2D eigenvalue weighted by molar-refractivity contribution is -0.166. The molecular weight excluding hydrogens is 338 g/mol. The Morgan fingerprint density at radius 3 is 2.33 bits per heavy atom. The summed E-state index contributed by atoms with van der Waals surface area (Å²) in [7, 11) is 3.37. The highest BCUT2D eigenvalue weighted by Gasteiger charge is 2.50. The Morgan fingerprint density at radius 2 is 1.67 bits per heavy atom. The summed E-state index contributed by atoms with van der Waals surface area (Å²) >= 11 is 0. The number of piperazine rings is 1. The predicted molar refractivity (Wildman–Crippen MR) is 103 cm³/mol. The highest BCUT2D eigenvalue weighted by atomic mass is 16.2. The topological polar surface area (TPSA) is 64.4 Å². The van der Waals surface area contributed by atoms with Gasteiger partial charge in [-0.15, -0.1) is 0 Å². The molecule has 0 saturated carbocycles. The number of nitrogens with zero attached hydrogens (tertiary/aromatic N) is 3. The molecule has 2 aromatic rings. The van der Waals surface area contributed by atoms with Gasteiger partial charge in [0.05, 0.1) is 11.6 Å². The van der Waals surface area contributed by atoms with E-state index < -0.39 is 11.6 Å². The van der Waals surface area contributed by atoms with Gasteiger partial charge in [0, 0.05) is 26.9 Å². The van der Waals surface area contributed by atoms with E-state index in [0.29, 0.717) is 18.4 Å². The van der Waals surface area contributed by atoms with Gasteiger partial charge in [-0.1, -0.05) is 48.5 Å². The maximum absolute atomic E-state index is 13.2. The van der Waals surface area contributed by atoms with Crippen molar-refractivity contribution in [1.29, 1.82) is 5.26 Å². The quantitative estimate of drug-likeness (QED) is 0.840. The Labute approximate surface area is 159 Å². The number of likely N-dealkylation sites (N-methyl/N-ethyl adjacent to an activating group) is 2. The fourth-order valence-corrected chi connectivity index (χ4v) is 3.72. The van der Waals surface area contributed by atoms with E-state index in [0.717, 1.165) is 11.1 Å². The Hall–Kier alpha value is -3.13. The van der Waals surface area contributed by atoms with Crippen molar-refractivity contribution in [2.45, 2.75) is 31.3 Å². The third-order valence-corrected chi connectivity index (χ3v) is 5.55. The fraction of sp³-hybridized carbons (Fsp3) is 0.318. The summed E-state index contributed by atoms with van der Waals surface area (Å²) in [6.45, 7) is 1.82. The minimum absolute atomic E-state index is 0.0899. The van der Waals surface area contributed by atoms with E-state index >= 15 is 0 Å². The number of benzene rings is 2. The molecule has 3 rings (SSSR count). The smallest absolute Gasteiger partial charge is 0.249 e. The molecular formula is C22H23N3O2. The summed E-state index contributed by atoms with van der Waals surface area (Å²) in [5, 5.41) is 9.30. The Bertz CT molecular complexity index is 903. The van der Waals surface area contributed by atoms with Crippen LogP contribution >= 0.6 is 0 Å². The summed E-state index contributed by atoms with van der Waals surface area (Å²) < 4.78 is 0. The van der Waals surface area contributed by atoms with Gasteiger partial charge in [-0.2, -0.15) is 5.26 Å². The molecule has 0 N–H and O–H groups in total. The molecule has 1 saturated heterocycles. The van der Waals surface area contributed by atoms with Crippen molar-refractivity contribution in [3.05, 3.63) is 71.3 Å². The van der Waals surface area contributed by atoms with Gasteiger partial charge in [0.1, 0.15) is 11.6 Å². The molecule has 1 fully saturated rings. The zero-order valence-corrected chi connectivity index (χ0v) is 15.8. The maximum Gasteiger partial charge on any atom is 0.249 e. The molecule has 0 aliphatic carbocycles. The van der Waals surface area contributed by atoms with Gasteiger partial charge in [0.15, 0.2) is 0 Å². The number of rotatable bonds is 4. The van der Waals surface area contributed by atoms with Crippen LogP contribution in [0.15, 0.2) is 54.6 Å². The first-order valence-corrected chi connectivity index (χ1v) is 8.95. The fourth-order valence-electron chi connectivity index (χ4n) is 3.72. The van der Waals surface area contributed by atoms with Crippen molar-refractivity contribution in [2.24, 2.45) is 0 Å². The first kappa shape index (κ1) is 18.7. The van der Waals surface area contributed by atoms with Crippen LogP contribution < -0.4 is 0 Å². The third-order valence-electron chi connectivity index (χ3n) is 5.55. The van der Waals surface area contributed by atoms with Gasteiger partial charge in [0.25, 0.3) is 0 Å². The lowest BCUT2D eigenvalue weighted by atomic mass is 9.85. The normalized spacial score (nSPS) is 22.7. The second-order valence-corrected chi connectivity index (χ2v) is 7.24. The van der Waals surface area contributed by atoms with Gasteiger partial charge in [0.2, 0.25) is 11.8 Å². The molecule has 0 bridgehead atoms. The number of carbonyl (C=O) groups excluding carboxylic acids is 2. The van der Waals surface area contributed by atoms with E-state index in [9.17, 15) is 14.9 Å². The van der Waals surface area contributed by atoms with Crippen LogP contribution in [0.1, 0.15) is 23.6 Å².